The summed E-state index contributed by atoms with van der Waals surface area (Å²) in [6, 6.07) is 3.33. The molecule has 1 aromatic carbocycles. The van der Waals surface area contributed by atoms with Crippen LogP contribution in [0, 0.1) is 0 Å². The van der Waals surface area contributed by atoms with Gasteiger partial charge in [-0.15, -0.1) is 6.58 Å². The van der Waals surface area contributed by atoms with Crippen LogP contribution in [0.15, 0.2) is 34.8 Å². The van der Waals surface area contributed by atoms with E-state index in [1.807, 2.05) is 0 Å². The van der Waals surface area contributed by atoms with E-state index in [9.17, 15) is 13.2 Å². The van der Waals surface area contributed by atoms with Crippen molar-refractivity contribution in [3.63, 3.8) is 0 Å². The van der Waals surface area contributed by atoms with E-state index in [2.05, 4.69) is 22.5 Å². The molecule has 1 aromatic rings. The zero-order valence-electron chi connectivity index (χ0n) is 9.31. The van der Waals surface area contributed by atoms with Gasteiger partial charge in [0.15, 0.2) is 0 Å². The molecule has 2 N–H and O–H groups in total. The Morgan fingerprint density at radius 2 is 2.06 bits per heavy atom. The van der Waals surface area contributed by atoms with Crippen LogP contribution in [0.3, 0.4) is 0 Å². The molecule has 1 nitrogen and oxygen atoms in total. The Morgan fingerprint density at radius 1 is 1.47 bits per heavy atom. The van der Waals surface area contributed by atoms with E-state index in [-0.39, 0.29) is 5.56 Å². The highest BCUT2D eigenvalue weighted by molar-refractivity contribution is 9.10. The molecule has 1 atom stereocenters. The van der Waals surface area contributed by atoms with Crippen LogP contribution in [0.4, 0.5) is 13.2 Å². The first-order valence-corrected chi connectivity index (χ1v) is 5.77. The molecular weight excluding hydrogens is 295 g/mol. The van der Waals surface area contributed by atoms with Gasteiger partial charge in [-0.3, -0.25) is 0 Å². The van der Waals surface area contributed by atoms with Gasteiger partial charge in [-0.05, 0) is 31.0 Å². The Kier molecular flexibility index (Phi) is 4.38. The van der Waals surface area contributed by atoms with Crippen molar-refractivity contribution in [1.82, 2.24) is 0 Å². The van der Waals surface area contributed by atoms with Crippen LogP contribution in [-0.4, -0.2) is 0 Å². The topological polar surface area (TPSA) is 26.0 Å². The Bertz CT molecular complexity index is 426. The number of hydrogen-bond donors (Lipinski definition) is 1. The SMILES string of the molecule is C=C(C)CC(N)c1ccc(Br)cc1C(F)(F)F. The number of nitrogens with two attached hydrogens (primary N) is 1. The maximum absolute atomic E-state index is 12.8. The van der Waals surface area contributed by atoms with Gasteiger partial charge in [-0.1, -0.05) is 27.6 Å². The summed E-state index contributed by atoms with van der Waals surface area (Å²) in [5.74, 6) is 0. The minimum absolute atomic E-state index is 0.101. The van der Waals surface area contributed by atoms with E-state index in [0.29, 0.717) is 10.9 Å². The maximum Gasteiger partial charge on any atom is 0.416 e. The predicted molar refractivity (Wildman–Crippen MR) is 65.5 cm³/mol. The summed E-state index contributed by atoms with van der Waals surface area (Å²) >= 11 is 3.03. The van der Waals surface area contributed by atoms with Crippen LogP contribution >= 0.6 is 15.9 Å². The van der Waals surface area contributed by atoms with Crippen molar-refractivity contribution < 1.29 is 13.2 Å². The van der Waals surface area contributed by atoms with Gasteiger partial charge in [-0.25, -0.2) is 0 Å². The van der Waals surface area contributed by atoms with Gasteiger partial charge in [0.2, 0.25) is 0 Å². The van der Waals surface area contributed by atoms with Gasteiger partial charge in [0, 0.05) is 10.5 Å². The summed E-state index contributed by atoms with van der Waals surface area (Å²) in [6.45, 7) is 5.40. The van der Waals surface area contributed by atoms with Gasteiger partial charge >= 0.3 is 6.18 Å². The Balaban J connectivity index is 3.19. The molecule has 0 spiro atoms. The van der Waals surface area contributed by atoms with Gasteiger partial charge in [0.1, 0.15) is 0 Å². The van der Waals surface area contributed by atoms with E-state index in [1.165, 1.54) is 6.07 Å². The summed E-state index contributed by atoms with van der Waals surface area (Å²) in [4.78, 5) is 0. The van der Waals surface area contributed by atoms with Crippen molar-refractivity contribution in [1.29, 1.82) is 0 Å². The Morgan fingerprint density at radius 3 is 2.53 bits per heavy atom. The van der Waals surface area contributed by atoms with Gasteiger partial charge in [0.25, 0.3) is 0 Å². The summed E-state index contributed by atoms with van der Waals surface area (Å²) < 4.78 is 38.9. The molecule has 1 unspecified atom stereocenters. The van der Waals surface area contributed by atoms with E-state index < -0.39 is 17.8 Å². The Labute approximate surface area is 107 Å². The van der Waals surface area contributed by atoms with E-state index in [0.717, 1.165) is 11.6 Å². The largest absolute Gasteiger partial charge is 0.416 e. The summed E-state index contributed by atoms with van der Waals surface area (Å²) in [5, 5.41) is 0. The molecule has 1 rings (SSSR count). The second kappa shape index (κ2) is 5.23. The third kappa shape index (κ3) is 3.85. The highest BCUT2D eigenvalue weighted by Gasteiger charge is 2.34. The number of alkyl halides is 3. The molecule has 0 bridgehead atoms. The average molecular weight is 308 g/mol. The van der Waals surface area contributed by atoms with Gasteiger partial charge in [-0.2, -0.15) is 13.2 Å². The zero-order valence-corrected chi connectivity index (χ0v) is 10.9. The summed E-state index contributed by atoms with van der Waals surface area (Å²) in [6.07, 6.45) is -4.06. The molecular formula is C12H13BrF3N. The average Bonchev–Trinajstić information content (AvgIpc) is 2.14. The van der Waals surface area contributed by atoms with Crippen LogP contribution in [0.5, 0.6) is 0 Å². The van der Waals surface area contributed by atoms with Crippen molar-refractivity contribution >= 4 is 15.9 Å². The molecule has 0 amide bonds. The second-order valence-corrected chi connectivity index (χ2v) is 4.91. The minimum Gasteiger partial charge on any atom is -0.324 e. The fraction of sp³-hybridized carbons (Fsp3) is 0.333. The first kappa shape index (κ1) is 14.3. The lowest BCUT2D eigenvalue weighted by Crippen LogP contribution is -2.17. The lowest BCUT2D eigenvalue weighted by molar-refractivity contribution is -0.138. The third-order valence-corrected chi connectivity index (χ3v) is 2.78. The van der Waals surface area contributed by atoms with Crippen LogP contribution in [0.25, 0.3) is 0 Å². The second-order valence-electron chi connectivity index (χ2n) is 4.00. The third-order valence-electron chi connectivity index (χ3n) is 2.29. The van der Waals surface area contributed by atoms with Gasteiger partial charge < -0.3 is 5.73 Å². The number of rotatable bonds is 3. The van der Waals surface area contributed by atoms with Crippen LogP contribution in [0.1, 0.15) is 30.5 Å². The van der Waals surface area contributed by atoms with Crippen molar-refractivity contribution in [3.05, 3.63) is 46.0 Å². The lowest BCUT2D eigenvalue weighted by Gasteiger charge is -2.18. The van der Waals surface area contributed by atoms with E-state index in [1.54, 1.807) is 13.0 Å². The monoisotopic (exact) mass is 307 g/mol. The molecule has 17 heavy (non-hydrogen) atoms. The highest BCUT2D eigenvalue weighted by Crippen LogP contribution is 2.36. The maximum atomic E-state index is 12.8. The molecule has 0 aliphatic carbocycles. The molecule has 0 heterocycles. The summed E-state index contributed by atoms with van der Waals surface area (Å²) in [7, 11) is 0. The smallest absolute Gasteiger partial charge is 0.324 e. The molecule has 0 fully saturated rings. The standard InChI is InChI=1S/C12H13BrF3N/c1-7(2)5-11(17)9-4-3-8(13)6-10(9)12(14,15)16/h3-4,6,11H,1,5,17H2,2H3. The molecule has 0 saturated carbocycles. The van der Waals surface area contributed by atoms with Crippen LogP contribution in [0.2, 0.25) is 0 Å². The normalized spacial score (nSPS) is 13.5. The summed E-state index contributed by atoms with van der Waals surface area (Å²) in [5.41, 5.74) is 5.93. The zero-order chi connectivity index (χ0) is 13.2. The van der Waals surface area contributed by atoms with Crippen molar-refractivity contribution in [2.24, 2.45) is 5.73 Å². The first-order chi connectivity index (χ1) is 7.71. The van der Waals surface area contributed by atoms with E-state index >= 15 is 0 Å². The number of halogens is 4. The number of benzene rings is 1. The molecule has 94 valence electrons. The van der Waals surface area contributed by atoms with Gasteiger partial charge in [0.05, 0.1) is 5.56 Å². The molecule has 0 aromatic heterocycles. The fourth-order valence-electron chi connectivity index (χ4n) is 1.58. The molecule has 0 aliphatic heterocycles. The highest BCUT2D eigenvalue weighted by atomic mass is 79.9. The molecule has 5 heteroatoms. The van der Waals surface area contributed by atoms with Crippen molar-refractivity contribution in [2.75, 3.05) is 0 Å². The van der Waals surface area contributed by atoms with Crippen LogP contribution < -0.4 is 5.73 Å². The molecule has 0 aliphatic rings. The van der Waals surface area contributed by atoms with E-state index in [4.69, 9.17) is 5.73 Å². The predicted octanol–water partition coefficient (Wildman–Crippen LogP) is 4.43. The first-order valence-electron chi connectivity index (χ1n) is 4.98. The molecule has 0 saturated heterocycles. The quantitative estimate of drug-likeness (QED) is 0.821. The van der Waals surface area contributed by atoms with Crippen LogP contribution in [-0.2, 0) is 6.18 Å². The van der Waals surface area contributed by atoms with Crippen molar-refractivity contribution in [2.45, 2.75) is 25.6 Å². The lowest BCUT2D eigenvalue weighted by atomic mass is 9.96. The minimum atomic E-state index is -4.40. The number of hydrogen-bond acceptors (Lipinski definition) is 1. The van der Waals surface area contributed by atoms with Crippen molar-refractivity contribution in [3.8, 4) is 0 Å². The molecule has 0 radical (unpaired) electrons. The fourth-order valence-corrected chi connectivity index (χ4v) is 1.94. The Hall–Kier alpha value is -0.810.